The van der Waals surface area contributed by atoms with E-state index in [4.69, 9.17) is 5.11 Å². The molecule has 0 heterocycles. The summed E-state index contributed by atoms with van der Waals surface area (Å²) in [6.45, 7) is 3.35. The molecule has 52 valence electrons. The minimum atomic E-state index is -1.05. The Morgan fingerprint density at radius 2 is 2.56 bits per heavy atom. The van der Waals surface area contributed by atoms with Gasteiger partial charge < -0.3 is 9.84 Å². The van der Waals surface area contributed by atoms with E-state index >= 15 is 0 Å². The monoisotopic (exact) mass is 130 g/mol. The normalized spacial score (nSPS) is 12.2. The Balaban J connectivity index is 3.58. The van der Waals surface area contributed by atoms with E-state index in [1.54, 1.807) is 0 Å². The Labute approximate surface area is 53.9 Å². The van der Waals surface area contributed by atoms with Gasteiger partial charge in [-0.1, -0.05) is 6.08 Å². The molecule has 0 saturated heterocycles. The molecule has 9 heavy (non-hydrogen) atoms. The molecule has 1 N–H and O–H groups in total. The molecule has 0 spiro atoms. The van der Waals surface area contributed by atoms with E-state index in [9.17, 15) is 4.79 Å². The van der Waals surface area contributed by atoms with Crippen molar-refractivity contribution in [1.82, 2.24) is 0 Å². The van der Waals surface area contributed by atoms with E-state index in [2.05, 4.69) is 11.3 Å². The Morgan fingerprint density at radius 3 is 2.89 bits per heavy atom. The van der Waals surface area contributed by atoms with Crippen LogP contribution in [0.25, 0.3) is 0 Å². The minimum absolute atomic E-state index is 0.243. The summed E-state index contributed by atoms with van der Waals surface area (Å²) in [7, 11) is 1.23. The summed E-state index contributed by atoms with van der Waals surface area (Å²) in [6.07, 6.45) is 0.654. The third-order valence-corrected chi connectivity index (χ3v) is 0.863. The molecule has 0 aliphatic rings. The average Bonchev–Trinajstić information content (AvgIpc) is 1.87. The quantitative estimate of drug-likeness (QED) is 0.435. The van der Waals surface area contributed by atoms with Crippen LogP contribution < -0.4 is 0 Å². The van der Waals surface area contributed by atoms with Crippen molar-refractivity contribution in [3.8, 4) is 0 Å². The first-order chi connectivity index (χ1) is 4.22. The van der Waals surface area contributed by atoms with Crippen molar-refractivity contribution in [2.75, 3.05) is 7.11 Å². The van der Waals surface area contributed by atoms with Gasteiger partial charge in [-0.05, 0) is 0 Å². The number of hydrogen-bond acceptors (Lipinski definition) is 3. The van der Waals surface area contributed by atoms with Crippen molar-refractivity contribution in [2.24, 2.45) is 0 Å². The van der Waals surface area contributed by atoms with Crippen LogP contribution in [0.15, 0.2) is 12.7 Å². The second kappa shape index (κ2) is 4.09. The third kappa shape index (κ3) is 2.87. The molecule has 3 heteroatoms. The van der Waals surface area contributed by atoms with Gasteiger partial charge in [0, 0.05) is 6.42 Å². The van der Waals surface area contributed by atoms with Gasteiger partial charge in [0.1, 0.15) is 0 Å². The third-order valence-electron chi connectivity index (χ3n) is 0.863. The molecule has 0 amide bonds. The maximum Gasteiger partial charge on any atom is 0.335 e. The van der Waals surface area contributed by atoms with Crippen LogP contribution in [0.1, 0.15) is 6.42 Å². The highest BCUT2D eigenvalue weighted by atomic mass is 16.5. The van der Waals surface area contributed by atoms with E-state index in [0.29, 0.717) is 0 Å². The molecule has 0 aliphatic heterocycles. The predicted molar refractivity (Wildman–Crippen MR) is 32.8 cm³/mol. The molecule has 0 saturated carbocycles. The summed E-state index contributed by atoms with van der Waals surface area (Å²) in [5.41, 5.74) is 0. The number of ether oxygens (including phenoxy) is 1. The Kier molecular flexibility index (Phi) is 3.71. The lowest BCUT2D eigenvalue weighted by atomic mass is 10.2. The second-order valence-corrected chi connectivity index (χ2v) is 1.56. The van der Waals surface area contributed by atoms with Gasteiger partial charge in [0.05, 0.1) is 7.11 Å². The van der Waals surface area contributed by atoms with Crippen molar-refractivity contribution in [3.05, 3.63) is 12.7 Å². The van der Waals surface area contributed by atoms with Crippen LogP contribution in [-0.2, 0) is 9.53 Å². The van der Waals surface area contributed by atoms with Gasteiger partial charge in [0.2, 0.25) is 0 Å². The summed E-state index contributed by atoms with van der Waals surface area (Å²) in [4.78, 5) is 10.4. The maximum atomic E-state index is 10.4. The highest BCUT2D eigenvalue weighted by molar-refractivity contribution is 5.74. The smallest absolute Gasteiger partial charge is 0.335 e. The summed E-state index contributed by atoms with van der Waals surface area (Å²) in [5.74, 6) is -0.616. The molecular formula is C6H10O3. The average molecular weight is 130 g/mol. The first-order valence-corrected chi connectivity index (χ1v) is 2.59. The van der Waals surface area contributed by atoms with Crippen molar-refractivity contribution in [1.29, 1.82) is 0 Å². The molecule has 1 unspecified atom stereocenters. The number of methoxy groups -OCH3 is 1. The number of hydrogen-bond donors (Lipinski definition) is 1. The predicted octanol–water partition coefficient (Wildman–Crippen LogP) is 0.0964. The molecule has 0 aliphatic carbocycles. The lowest BCUT2D eigenvalue weighted by Gasteiger charge is -2.02. The van der Waals surface area contributed by atoms with E-state index in [1.165, 1.54) is 13.2 Å². The molecule has 0 bridgehead atoms. The number of aliphatic hydroxyl groups excluding tert-OH is 1. The lowest BCUT2D eigenvalue weighted by Crippen LogP contribution is -2.20. The number of aliphatic hydroxyl groups is 1. The zero-order chi connectivity index (χ0) is 7.28. The van der Waals surface area contributed by atoms with Gasteiger partial charge in [-0.3, -0.25) is 0 Å². The Bertz CT molecular complexity index is 109. The standard InChI is InChI=1S/C6H10O3/c1-3-4-5(7)6(8)9-2/h3,5,7H,1,4H2,2H3. The summed E-state index contributed by atoms with van der Waals surface area (Å²) in [5, 5.41) is 8.77. The number of esters is 1. The number of rotatable bonds is 3. The van der Waals surface area contributed by atoms with Crippen molar-refractivity contribution in [3.63, 3.8) is 0 Å². The molecule has 0 aromatic carbocycles. The van der Waals surface area contributed by atoms with Gasteiger partial charge in [-0.25, -0.2) is 4.79 Å². The van der Waals surface area contributed by atoms with Crippen LogP contribution >= 0.6 is 0 Å². The van der Waals surface area contributed by atoms with E-state index in [0.717, 1.165) is 0 Å². The van der Waals surface area contributed by atoms with Gasteiger partial charge in [-0.15, -0.1) is 6.58 Å². The molecule has 0 aromatic heterocycles. The Morgan fingerprint density at radius 1 is 2.00 bits per heavy atom. The second-order valence-electron chi connectivity index (χ2n) is 1.56. The fourth-order valence-corrected chi connectivity index (χ4v) is 0.390. The number of carbonyl (C=O) groups excluding carboxylic acids is 1. The fourth-order valence-electron chi connectivity index (χ4n) is 0.390. The molecule has 0 fully saturated rings. The highest BCUT2D eigenvalue weighted by Crippen LogP contribution is 1.93. The molecule has 0 rings (SSSR count). The summed E-state index contributed by atoms with van der Waals surface area (Å²) in [6, 6.07) is 0. The molecule has 0 radical (unpaired) electrons. The van der Waals surface area contributed by atoms with E-state index in [-0.39, 0.29) is 6.42 Å². The van der Waals surface area contributed by atoms with Gasteiger partial charge >= 0.3 is 5.97 Å². The Hall–Kier alpha value is -0.830. The SMILES string of the molecule is C=CCC(O)C(=O)OC. The molecule has 1 atom stereocenters. The van der Waals surface area contributed by atoms with Gasteiger partial charge in [-0.2, -0.15) is 0 Å². The maximum absolute atomic E-state index is 10.4. The van der Waals surface area contributed by atoms with Crippen molar-refractivity contribution >= 4 is 5.97 Å². The first kappa shape index (κ1) is 8.17. The van der Waals surface area contributed by atoms with Crippen LogP contribution in [0.4, 0.5) is 0 Å². The summed E-state index contributed by atoms with van der Waals surface area (Å²) < 4.78 is 4.23. The fraction of sp³-hybridized carbons (Fsp3) is 0.500. The molecule has 3 nitrogen and oxygen atoms in total. The topological polar surface area (TPSA) is 46.5 Å². The van der Waals surface area contributed by atoms with E-state index in [1.807, 2.05) is 0 Å². The van der Waals surface area contributed by atoms with Crippen molar-refractivity contribution in [2.45, 2.75) is 12.5 Å². The number of carbonyl (C=O) groups is 1. The highest BCUT2D eigenvalue weighted by Gasteiger charge is 2.11. The zero-order valence-electron chi connectivity index (χ0n) is 5.33. The van der Waals surface area contributed by atoms with Crippen LogP contribution in [0, 0.1) is 0 Å². The van der Waals surface area contributed by atoms with Crippen LogP contribution in [-0.4, -0.2) is 24.3 Å². The van der Waals surface area contributed by atoms with Crippen LogP contribution in [0.3, 0.4) is 0 Å². The van der Waals surface area contributed by atoms with Gasteiger partial charge in [0.15, 0.2) is 6.10 Å². The van der Waals surface area contributed by atoms with Crippen LogP contribution in [0.2, 0.25) is 0 Å². The van der Waals surface area contributed by atoms with E-state index < -0.39 is 12.1 Å². The molecular weight excluding hydrogens is 120 g/mol. The first-order valence-electron chi connectivity index (χ1n) is 2.59. The lowest BCUT2D eigenvalue weighted by molar-refractivity contribution is -0.150. The van der Waals surface area contributed by atoms with Crippen LogP contribution in [0.5, 0.6) is 0 Å². The minimum Gasteiger partial charge on any atom is -0.467 e. The zero-order valence-corrected chi connectivity index (χ0v) is 5.33. The van der Waals surface area contributed by atoms with Crippen molar-refractivity contribution < 1.29 is 14.6 Å². The largest absolute Gasteiger partial charge is 0.467 e. The van der Waals surface area contributed by atoms with Gasteiger partial charge in [0.25, 0.3) is 0 Å². The molecule has 0 aromatic rings. The summed E-state index contributed by atoms with van der Waals surface area (Å²) >= 11 is 0.